The van der Waals surface area contributed by atoms with E-state index in [-0.39, 0.29) is 6.10 Å². The summed E-state index contributed by atoms with van der Waals surface area (Å²) in [4.78, 5) is 20.3. The van der Waals surface area contributed by atoms with Crippen molar-refractivity contribution < 1.29 is 4.74 Å². The second-order valence-electron chi connectivity index (χ2n) is 7.23. The van der Waals surface area contributed by atoms with Crippen LogP contribution < -0.4 is 9.64 Å². The first kappa shape index (κ1) is 17.6. The highest BCUT2D eigenvalue weighted by Gasteiger charge is 2.26. The lowest BCUT2D eigenvalue weighted by Crippen LogP contribution is -2.25. The second kappa shape index (κ2) is 7.47. The Balaban J connectivity index is 1.35. The van der Waals surface area contributed by atoms with Gasteiger partial charge < -0.3 is 9.64 Å². The van der Waals surface area contributed by atoms with Crippen LogP contribution in [0.3, 0.4) is 0 Å². The molecule has 1 aliphatic heterocycles. The van der Waals surface area contributed by atoms with Crippen molar-refractivity contribution in [3.05, 3.63) is 72.8 Å². The van der Waals surface area contributed by atoms with Gasteiger partial charge in [0.15, 0.2) is 0 Å². The van der Waals surface area contributed by atoms with Crippen molar-refractivity contribution in [3.63, 3.8) is 0 Å². The molecule has 4 heterocycles. The second-order valence-corrected chi connectivity index (χ2v) is 7.23. The number of nitrogens with zero attached hydrogens (tertiary/aromatic N) is 5. The Bertz CT molecular complexity index is 1160. The van der Waals surface area contributed by atoms with E-state index in [1.165, 1.54) is 0 Å². The molecule has 4 aromatic rings. The van der Waals surface area contributed by atoms with E-state index in [2.05, 4.69) is 38.1 Å². The molecule has 6 heteroatoms. The lowest BCUT2D eigenvalue weighted by atomic mass is 10.1. The van der Waals surface area contributed by atoms with Gasteiger partial charge in [-0.3, -0.25) is 4.98 Å². The number of anilines is 1. The van der Waals surface area contributed by atoms with Crippen LogP contribution in [0.4, 0.5) is 5.82 Å². The number of aryl methyl sites for hydroxylation is 1. The molecule has 0 amide bonds. The van der Waals surface area contributed by atoms with Crippen molar-refractivity contribution in [2.45, 2.75) is 19.4 Å². The Morgan fingerprint density at radius 2 is 1.86 bits per heavy atom. The van der Waals surface area contributed by atoms with Crippen LogP contribution in [0.2, 0.25) is 0 Å². The number of hydrogen-bond donors (Lipinski definition) is 0. The van der Waals surface area contributed by atoms with Crippen molar-refractivity contribution in [1.82, 2.24) is 19.9 Å². The van der Waals surface area contributed by atoms with Crippen LogP contribution in [0, 0.1) is 6.92 Å². The van der Waals surface area contributed by atoms with Crippen LogP contribution >= 0.6 is 0 Å². The highest BCUT2D eigenvalue weighted by molar-refractivity contribution is 5.80. The Morgan fingerprint density at radius 3 is 2.79 bits per heavy atom. The smallest absolute Gasteiger partial charge is 0.240 e. The lowest BCUT2D eigenvalue weighted by molar-refractivity contribution is 0.216. The molecule has 1 atom stereocenters. The topological polar surface area (TPSA) is 64.0 Å². The van der Waals surface area contributed by atoms with Gasteiger partial charge in [0.2, 0.25) is 5.88 Å². The van der Waals surface area contributed by atoms with Crippen LogP contribution in [0.1, 0.15) is 12.1 Å². The number of aromatic nitrogens is 4. The summed E-state index contributed by atoms with van der Waals surface area (Å²) in [5.41, 5.74) is 3.67. The summed E-state index contributed by atoms with van der Waals surface area (Å²) in [5.74, 6) is 1.55. The van der Waals surface area contributed by atoms with Crippen LogP contribution in [0.25, 0.3) is 22.2 Å². The normalized spacial score (nSPS) is 16.3. The number of pyridine rings is 2. The zero-order chi connectivity index (χ0) is 19.6. The van der Waals surface area contributed by atoms with Gasteiger partial charge in [-0.1, -0.05) is 18.2 Å². The summed E-state index contributed by atoms with van der Waals surface area (Å²) in [6.07, 6.45) is 6.11. The van der Waals surface area contributed by atoms with E-state index < -0.39 is 0 Å². The fraction of sp³-hybridized carbons (Fsp3) is 0.217. The predicted octanol–water partition coefficient (Wildman–Crippen LogP) is 4.05. The van der Waals surface area contributed by atoms with Gasteiger partial charge >= 0.3 is 0 Å². The molecular weight excluding hydrogens is 362 g/mol. The van der Waals surface area contributed by atoms with E-state index in [9.17, 15) is 0 Å². The van der Waals surface area contributed by atoms with E-state index in [0.29, 0.717) is 5.88 Å². The van der Waals surface area contributed by atoms with Crippen molar-refractivity contribution in [3.8, 4) is 17.1 Å². The van der Waals surface area contributed by atoms with Gasteiger partial charge in [-0.2, -0.15) is 0 Å². The van der Waals surface area contributed by atoms with Crippen LogP contribution in [-0.2, 0) is 0 Å². The van der Waals surface area contributed by atoms with Crippen LogP contribution in [0.15, 0.2) is 67.1 Å². The Labute approximate surface area is 169 Å². The number of hydrogen-bond acceptors (Lipinski definition) is 6. The molecule has 0 unspecified atom stereocenters. The van der Waals surface area contributed by atoms with E-state index in [0.717, 1.165) is 53.2 Å². The van der Waals surface area contributed by atoms with Crippen molar-refractivity contribution in [2.24, 2.45) is 0 Å². The first-order valence-corrected chi connectivity index (χ1v) is 9.78. The first-order valence-electron chi connectivity index (χ1n) is 9.78. The van der Waals surface area contributed by atoms with Crippen molar-refractivity contribution in [1.29, 1.82) is 0 Å². The van der Waals surface area contributed by atoms with Gasteiger partial charge in [-0.15, -0.1) is 0 Å². The fourth-order valence-corrected chi connectivity index (χ4v) is 3.72. The van der Waals surface area contributed by atoms with Crippen molar-refractivity contribution in [2.75, 3.05) is 18.0 Å². The molecular formula is C23H21N5O. The molecule has 29 heavy (non-hydrogen) atoms. The number of ether oxygens (including phenoxy) is 1. The summed E-state index contributed by atoms with van der Waals surface area (Å²) in [6.45, 7) is 3.64. The molecule has 0 saturated carbocycles. The largest absolute Gasteiger partial charge is 0.471 e. The molecule has 144 valence electrons. The molecule has 3 aromatic heterocycles. The molecule has 0 N–H and O–H groups in total. The summed E-state index contributed by atoms with van der Waals surface area (Å²) in [5, 5.41) is 1.15. The molecule has 0 radical (unpaired) electrons. The standard InChI is InChI=1S/C23H21N5O/c1-16-14-18(8-10-24-16)22-23(26-12-11-25-22)29-19-9-13-28(15-19)21-7-6-17-4-2-3-5-20(17)27-21/h2-8,10-12,14,19H,9,13,15H2,1H3/t19-/m0/s1. The van der Waals surface area contributed by atoms with E-state index in [4.69, 9.17) is 9.72 Å². The molecule has 5 rings (SSSR count). The van der Waals surface area contributed by atoms with Gasteiger partial charge in [0.1, 0.15) is 17.6 Å². The van der Waals surface area contributed by atoms with Gasteiger partial charge in [-0.25, -0.2) is 15.0 Å². The minimum atomic E-state index is 0.0432. The van der Waals surface area contributed by atoms with Gasteiger partial charge in [0.05, 0.1) is 12.1 Å². The number of fused-ring (bicyclic) bond motifs is 1. The summed E-state index contributed by atoms with van der Waals surface area (Å²) >= 11 is 0. The summed E-state index contributed by atoms with van der Waals surface area (Å²) in [6, 6.07) is 16.3. The molecule has 0 bridgehead atoms. The van der Waals surface area contributed by atoms with Gasteiger partial charge in [0, 0.05) is 48.2 Å². The van der Waals surface area contributed by atoms with Gasteiger partial charge in [-0.05, 0) is 37.3 Å². The lowest BCUT2D eigenvalue weighted by Gasteiger charge is -2.19. The molecule has 0 spiro atoms. The molecule has 1 aliphatic rings. The molecule has 1 saturated heterocycles. The Morgan fingerprint density at radius 1 is 0.966 bits per heavy atom. The van der Waals surface area contributed by atoms with E-state index >= 15 is 0 Å². The van der Waals surface area contributed by atoms with Gasteiger partial charge in [0.25, 0.3) is 0 Å². The molecule has 1 fully saturated rings. The minimum Gasteiger partial charge on any atom is -0.471 e. The highest BCUT2D eigenvalue weighted by atomic mass is 16.5. The number of rotatable bonds is 4. The Hall–Kier alpha value is -3.54. The van der Waals surface area contributed by atoms with E-state index in [1.54, 1.807) is 18.6 Å². The average molecular weight is 383 g/mol. The van der Waals surface area contributed by atoms with Crippen molar-refractivity contribution >= 4 is 16.7 Å². The van der Waals surface area contributed by atoms with Crippen LogP contribution in [0.5, 0.6) is 5.88 Å². The summed E-state index contributed by atoms with van der Waals surface area (Å²) < 4.78 is 6.28. The zero-order valence-corrected chi connectivity index (χ0v) is 16.2. The third-order valence-corrected chi connectivity index (χ3v) is 5.17. The maximum absolute atomic E-state index is 6.28. The SMILES string of the molecule is Cc1cc(-c2nccnc2O[C@H]2CCN(c3ccc4ccccc4n3)C2)ccn1. The zero-order valence-electron chi connectivity index (χ0n) is 16.2. The third kappa shape index (κ3) is 3.61. The quantitative estimate of drug-likeness (QED) is 0.530. The number of benzene rings is 1. The molecule has 0 aliphatic carbocycles. The average Bonchev–Trinajstić information content (AvgIpc) is 3.22. The monoisotopic (exact) mass is 383 g/mol. The minimum absolute atomic E-state index is 0.0432. The maximum atomic E-state index is 6.28. The third-order valence-electron chi connectivity index (χ3n) is 5.17. The molecule has 1 aromatic carbocycles. The fourth-order valence-electron chi connectivity index (χ4n) is 3.72. The summed E-state index contributed by atoms with van der Waals surface area (Å²) in [7, 11) is 0. The van der Waals surface area contributed by atoms with E-state index in [1.807, 2.05) is 37.3 Å². The first-order chi connectivity index (χ1) is 14.3. The Kier molecular flexibility index (Phi) is 4.52. The maximum Gasteiger partial charge on any atom is 0.240 e. The van der Waals surface area contributed by atoms with Crippen LogP contribution in [-0.4, -0.2) is 39.1 Å². The molecule has 6 nitrogen and oxygen atoms in total. The highest BCUT2D eigenvalue weighted by Crippen LogP contribution is 2.29. The number of para-hydroxylation sites is 1. The predicted molar refractivity (Wildman–Crippen MR) is 113 cm³/mol.